The fraction of sp³-hybridized carbons (Fsp3) is 0.923. The van der Waals surface area contributed by atoms with Crippen LogP contribution in [0.25, 0.3) is 0 Å². The van der Waals surface area contributed by atoms with Crippen LogP contribution in [0.15, 0.2) is 0 Å². The van der Waals surface area contributed by atoms with Crippen LogP contribution >= 0.6 is 0 Å². The van der Waals surface area contributed by atoms with Gasteiger partial charge < -0.3 is 16.4 Å². The summed E-state index contributed by atoms with van der Waals surface area (Å²) in [5.74, 6) is -0.408. The fourth-order valence-corrected chi connectivity index (χ4v) is 2.56. The number of amides is 1. The minimum atomic E-state index is -0.871. The number of nitrogens with two attached hydrogens (primary N) is 2. The van der Waals surface area contributed by atoms with Crippen molar-refractivity contribution < 1.29 is 4.79 Å². The van der Waals surface area contributed by atoms with Crippen molar-refractivity contribution in [1.82, 2.24) is 4.90 Å². The summed E-state index contributed by atoms with van der Waals surface area (Å²) < 4.78 is 0. The average molecular weight is 241 g/mol. The Balaban J connectivity index is 2.44. The van der Waals surface area contributed by atoms with Gasteiger partial charge in [-0.15, -0.1) is 0 Å². The zero-order valence-corrected chi connectivity index (χ0v) is 11.5. The monoisotopic (exact) mass is 241 g/mol. The SMILES string of the molecule is CCC1(CC)CCN(CCC(C)(N)C(N)=O)C1. The number of likely N-dealkylation sites (tertiary alicyclic amines) is 1. The summed E-state index contributed by atoms with van der Waals surface area (Å²) in [5, 5.41) is 0. The molecule has 0 aliphatic carbocycles. The summed E-state index contributed by atoms with van der Waals surface area (Å²) in [6.07, 6.45) is 4.37. The maximum atomic E-state index is 11.1. The first-order valence-corrected chi connectivity index (χ1v) is 6.66. The molecule has 1 aliphatic rings. The van der Waals surface area contributed by atoms with Crippen LogP contribution in [-0.2, 0) is 4.79 Å². The van der Waals surface area contributed by atoms with Crippen LogP contribution in [0.5, 0.6) is 0 Å². The van der Waals surface area contributed by atoms with Gasteiger partial charge in [-0.2, -0.15) is 0 Å². The molecular formula is C13H27N3O. The van der Waals surface area contributed by atoms with Crippen molar-refractivity contribution in [2.45, 2.75) is 52.0 Å². The van der Waals surface area contributed by atoms with Gasteiger partial charge in [0.15, 0.2) is 0 Å². The molecule has 0 aromatic carbocycles. The number of primary amides is 1. The van der Waals surface area contributed by atoms with Gasteiger partial charge in [-0.3, -0.25) is 4.79 Å². The summed E-state index contributed by atoms with van der Waals surface area (Å²) in [5.41, 5.74) is 10.8. The molecule has 0 radical (unpaired) electrons. The third-order valence-corrected chi connectivity index (χ3v) is 4.53. The van der Waals surface area contributed by atoms with Crippen molar-refractivity contribution in [2.75, 3.05) is 19.6 Å². The van der Waals surface area contributed by atoms with Crippen LogP contribution in [0.4, 0.5) is 0 Å². The van der Waals surface area contributed by atoms with Crippen molar-refractivity contribution in [2.24, 2.45) is 16.9 Å². The number of hydrogen-bond donors (Lipinski definition) is 2. The molecule has 4 N–H and O–H groups in total. The average Bonchev–Trinajstić information content (AvgIpc) is 2.71. The quantitative estimate of drug-likeness (QED) is 0.731. The molecule has 0 saturated carbocycles. The second-order valence-electron chi connectivity index (χ2n) is 5.76. The van der Waals surface area contributed by atoms with Crippen LogP contribution in [-0.4, -0.2) is 36.0 Å². The number of nitrogens with zero attached hydrogens (tertiary/aromatic N) is 1. The van der Waals surface area contributed by atoms with Gasteiger partial charge in [0.05, 0.1) is 5.54 Å². The molecule has 100 valence electrons. The van der Waals surface area contributed by atoms with E-state index in [1.54, 1.807) is 6.92 Å². The first-order valence-electron chi connectivity index (χ1n) is 6.66. The van der Waals surface area contributed by atoms with Gasteiger partial charge in [-0.1, -0.05) is 13.8 Å². The van der Waals surface area contributed by atoms with Gasteiger partial charge in [0.1, 0.15) is 0 Å². The number of carbonyl (C=O) groups is 1. The summed E-state index contributed by atoms with van der Waals surface area (Å²) >= 11 is 0. The number of carbonyl (C=O) groups excluding carboxylic acids is 1. The van der Waals surface area contributed by atoms with E-state index in [1.165, 1.54) is 19.3 Å². The lowest BCUT2D eigenvalue weighted by molar-refractivity contribution is -0.122. The van der Waals surface area contributed by atoms with Crippen LogP contribution in [0.2, 0.25) is 0 Å². The van der Waals surface area contributed by atoms with E-state index < -0.39 is 11.4 Å². The van der Waals surface area contributed by atoms with Crippen molar-refractivity contribution in [3.05, 3.63) is 0 Å². The summed E-state index contributed by atoms with van der Waals surface area (Å²) in [4.78, 5) is 13.6. The maximum Gasteiger partial charge on any atom is 0.237 e. The molecule has 0 spiro atoms. The summed E-state index contributed by atoms with van der Waals surface area (Å²) in [6.45, 7) is 9.38. The normalized spacial score (nSPS) is 23.5. The maximum absolute atomic E-state index is 11.1. The molecular weight excluding hydrogens is 214 g/mol. The highest BCUT2D eigenvalue weighted by Gasteiger charge is 2.35. The van der Waals surface area contributed by atoms with Crippen LogP contribution in [0.3, 0.4) is 0 Å². The summed E-state index contributed by atoms with van der Waals surface area (Å²) in [6, 6.07) is 0. The Bertz CT molecular complexity index is 272. The molecule has 17 heavy (non-hydrogen) atoms. The van der Waals surface area contributed by atoms with E-state index in [2.05, 4.69) is 18.7 Å². The summed E-state index contributed by atoms with van der Waals surface area (Å²) in [7, 11) is 0. The van der Waals surface area contributed by atoms with E-state index >= 15 is 0 Å². The van der Waals surface area contributed by atoms with E-state index in [-0.39, 0.29) is 0 Å². The molecule has 1 atom stereocenters. The minimum Gasteiger partial charge on any atom is -0.368 e. The topological polar surface area (TPSA) is 72.3 Å². The van der Waals surface area contributed by atoms with Gasteiger partial charge in [0, 0.05) is 13.1 Å². The molecule has 4 heteroatoms. The third kappa shape index (κ3) is 3.42. The highest BCUT2D eigenvalue weighted by Crippen LogP contribution is 2.37. The Kier molecular flexibility index (Phi) is 4.55. The lowest BCUT2D eigenvalue weighted by atomic mass is 9.82. The molecule has 1 rings (SSSR count). The van der Waals surface area contributed by atoms with E-state index in [0.717, 1.165) is 19.6 Å². The van der Waals surface area contributed by atoms with Crippen LogP contribution < -0.4 is 11.5 Å². The van der Waals surface area contributed by atoms with Gasteiger partial charge >= 0.3 is 0 Å². The van der Waals surface area contributed by atoms with Crippen molar-refractivity contribution in [1.29, 1.82) is 0 Å². The predicted octanol–water partition coefficient (Wildman–Crippen LogP) is 1.09. The lowest BCUT2D eigenvalue weighted by Crippen LogP contribution is -2.51. The molecule has 1 saturated heterocycles. The Hall–Kier alpha value is -0.610. The standard InChI is InChI=1S/C13H27N3O/c1-4-13(5-2)7-9-16(10-13)8-6-12(3,15)11(14)17/h4-10,15H2,1-3H3,(H2,14,17). The van der Waals surface area contributed by atoms with Gasteiger partial charge in [-0.25, -0.2) is 0 Å². The molecule has 1 heterocycles. The molecule has 1 aliphatic heterocycles. The van der Waals surface area contributed by atoms with Gasteiger partial charge in [0.25, 0.3) is 0 Å². The van der Waals surface area contributed by atoms with Crippen LogP contribution in [0.1, 0.15) is 46.5 Å². The first kappa shape index (κ1) is 14.5. The molecule has 0 bridgehead atoms. The highest BCUT2D eigenvalue weighted by molar-refractivity contribution is 5.83. The Morgan fingerprint density at radius 1 is 1.41 bits per heavy atom. The second-order valence-corrected chi connectivity index (χ2v) is 5.76. The Morgan fingerprint density at radius 2 is 2.00 bits per heavy atom. The molecule has 1 unspecified atom stereocenters. The number of hydrogen-bond acceptors (Lipinski definition) is 3. The molecule has 0 aromatic rings. The lowest BCUT2D eigenvalue weighted by Gasteiger charge is -2.28. The largest absolute Gasteiger partial charge is 0.368 e. The molecule has 4 nitrogen and oxygen atoms in total. The van der Waals surface area contributed by atoms with E-state index in [1.807, 2.05) is 0 Å². The fourth-order valence-electron chi connectivity index (χ4n) is 2.56. The highest BCUT2D eigenvalue weighted by atomic mass is 16.1. The minimum absolute atomic E-state index is 0.408. The predicted molar refractivity (Wildman–Crippen MR) is 70.5 cm³/mol. The smallest absolute Gasteiger partial charge is 0.237 e. The van der Waals surface area contributed by atoms with Crippen molar-refractivity contribution in [3.8, 4) is 0 Å². The zero-order chi connectivity index (χ0) is 13.1. The Morgan fingerprint density at radius 3 is 2.41 bits per heavy atom. The zero-order valence-electron chi connectivity index (χ0n) is 11.5. The van der Waals surface area contributed by atoms with E-state index in [9.17, 15) is 4.79 Å². The second kappa shape index (κ2) is 5.36. The Labute approximate surface area is 105 Å². The van der Waals surface area contributed by atoms with Gasteiger partial charge in [-0.05, 0) is 44.6 Å². The van der Waals surface area contributed by atoms with E-state index in [4.69, 9.17) is 11.5 Å². The third-order valence-electron chi connectivity index (χ3n) is 4.53. The van der Waals surface area contributed by atoms with Crippen LogP contribution in [0, 0.1) is 5.41 Å². The molecule has 1 fully saturated rings. The van der Waals surface area contributed by atoms with Gasteiger partial charge in [0.2, 0.25) is 5.91 Å². The van der Waals surface area contributed by atoms with Crippen molar-refractivity contribution in [3.63, 3.8) is 0 Å². The van der Waals surface area contributed by atoms with Crippen molar-refractivity contribution >= 4 is 5.91 Å². The first-order chi connectivity index (χ1) is 7.85. The number of rotatable bonds is 6. The molecule has 1 amide bonds. The molecule has 0 aromatic heterocycles. The van der Waals surface area contributed by atoms with E-state index in [0.29, 0.717) is 11.8 Å².